The van der Waals surface area contributed by atoms with Crippen LogP contribution in [0.25, 0.3) is 0 Å². The molecule has 0 aliphatic heterocycles. The van der Waals surface area contributed by atoms with E-state index in [-0.39, 0.29) is 6.03 Å². The van der Waals surface area contributed by atoms with Crippen LogP contribution in [0.3, 0.4) is 0 Å². The van der Waals surface area contributed by atoms with E-state index in [1.54, 1.807) is 45.7 Å². The molecule has 0 atom stereocenters. The van der Waals surface area contributed by atoms with Gasteiger partial charge >= 0.3 is 6.03 Å². The molecule has 1 heterocycles. The van der Waals surface area contributed by atoms with Crippen molar-refractivity contribution < 1.29 is 14.1 Å². The Balaban J connectivity index is 2.86. The van der Waals surface area contributed by atoms with Crippen LogP contribution in [0.5, 0.6) is 5.75 Å². The number of ether oxygens (including phenoxy) is 1. The summed E-state index contributed by atoms with van der Waals surface area (Å²) >= 11 is 0. The molecule has 70 valence electrons. The minimum atomic E-state index is -0.0809. The SMILES string of the molecule is COc1cc[n+](C(=O)N(C)C)cc1. The highest BCUT2D eigenvalue weighted by Gasteiger charge is 2.14. The van der Waals surface area contributed by atoms with Gasteiger partial charge in [-0.1, -0.05) is 0 Å². The van der Waals surface area contributed by atoms with E-state index < -0.39 is 0 Å². The summed E-state index contributed by atoms with van der Waals surface area (Å²) in [5.41, 5.74) is 0. The first-order valence-corrected chi connectivity index (χ1v) is 3.92. The summed E-state index contributed by atoms with van der Waals surface area (Å²) < 4.78 is 6.46. The predicted octanol–water partition coefficient (Wildman–Crippen LogP) is 0.512. The zero-order valence-corrected chi connectivity index (χ0v) is 8.02. The van der Waals surface area contributed by atoms with Crippen molar-refractivity contribution in [2.75, 3.05) is 21.2 Å². The number of hydrogen-bond donors (Lipinski definition) is 0. The summed E-state index contributed by atoms with van der Waals surface area (Å²) in [5.74, 6) is 0.739. The molecule has 1 amide bonds. The molecule has 0 aromatic carbocycles. The van der Waals surface area contributed by atoms with E-state index >= 15 is 0 Å². The van der Waals surface area contributed by atoms with Gasteiger partial charge in [-0.2, -0.15) is 9.36 Å². The van der Waals surface area contributed by atoms with Crippen LogP contribution >= 0.6 is 0 Å². The second kappa shape index (κ2) is 3.89. The third-order valence-electron chi connectivity index (χ3n) is 1.64. The smallest absolute Gasteiger partial charge is 0.496 e. The fourth-order valence-corrected chi connectivity index (χ4v) is 0.907. The van der Waals surface area contributed by atoms with Crippen molar-refractivity contribution in [1.82, 2.24) is 4.90 Å². The Kier molecular flexibility index (Phi) is 2.84. The Bertz CT molecular complexity index is 293. The largest absolute Gasteiger partial charge is 0.497 e. The van der Waals surface area contributed by atoms with Gasteiger partial charge < -0.3 is 4.74 Å². The molecule has 0 spiro atoms. The molecular weight excluding hydrogens is 168 g/mol. The molecule has 0 bridgehead atoms. The fourth-order valence-electron chi connectivity index (χ4n) is 0.907. The second-order valence-electron chi connectivity index (χ2n) is 2.82. The molecule has 0 aliphatic rings. The van der Waals surface area contributed by atoms with Gasteiger partial charge in [0, 0.05) is 12.1 Å². The number of amides is 1. The van der Waals surface area contributed by atoms with Crippen LogP contribution in [0.1, 0.15) is 0 Å². The maximum atomic E-state index is 11.4. The molecule has 13 heavy (non-hydrogen) atoms. The summed E-state index contributed by atoms with van der Waals surface area (Å²) in [7, 11) is 5.01. The normalized spacial score (nSPS) is 9.46. The number of hydrogen-bond acceptors (Lipinski definition) is 2. The third-order valence-corrected chi connectivity index (χ3v) is 1.64. The van der Waals surface area contributed by atoms with Crippen molar-refractivity contribution in [3.05, 3.63) is 24.5 Å². The molecule has 1 aromatic heterocycles. The van der Waals surface area contributed by atoms with Crippen molar-refractivity contribution in [3.8, 4) is 5.75 Å². The quantitative estimate of drug-likeness (QED) is 0.591. The number of pyridine rings is 1. The first-order valence-electron chi connectivity index (χ1n) is 3.92. The van der Waals surface area contributed by atoms with E-state index in [1.165, 1.54) is 9.47 Å². The standard InChI is InChI=1S/C9H13N2O2/c1-10(2)9(12)11-6-4-8(13-3)5-7-11/h4-7H,1-3H3/q+1. The topological polar surface area (TPSA) is 33.4 Å². The van der Waals surface area contributed by atoms with Gasteiger partial charge in [0.25, 0.3) is 0 Å². The lowest BCUT2D eigenvalue weighted by Crippen LogP contribution is -2.48. The first kappa shape index (κ1) is 9.51. The van der Waals surface area contributed by atoms with E-state index in [2.05, 4.69) is 0 Å². The summed E-state index contributed by atoms with van der Waals surface area (Å²) in [4.78, 5) is 12.9. The Hall–Kier alpha value is -1.58. The van der Waals surface area contributed by atoms with Crippen molar-refractivity contribution >= 4 is 6.03 Å². The lowest BCUT2D eigenvalue weighted by molar-refractivity contribution is -0.577. The molecule has 0 saturated carbocycles. The minimum absolute atomic E-state index is 0.0809. The van der Waals surface area contributed by atoms with Crippen molar-refractivity contribution in [3.63, 3.8) is 0 Å². The van der Waals surface area contributed by atoms with Crippen LogP contribution in [-0.2, 0) is 0 Å². The van der Waals surface area contributed by atoms with E-state index in [9.17, 15) is 4.79 Å². The Morgan fingerprint density at radius 3 is 2.31 bits per heavy atom. The highest BCUT2D eigenvalue weighted by molar-refractivity contribution is 5.63. The molecule has 1 aromatic rings. The first-order chi connectivity index (χ1) is 6.15. The average molecular weight is 181 g/mol. The minimum Gasteiger partial charge on any atom is -0.496 e. The van der Waals surface area contributed by atoms with Crippen molar-refractivity contribution in [2.24, 2.45) is 0 Å². The molecule has 0 N–H and O–H groups in total. The maximum absolute atomic E-state index is 11.4. The molecule has 4 nitrogen and oxygen atoms in total. The maximum Gasteiger partial charge on any atom is 0.497 e. The lowest BCUT2D eigenvalue weighted by atomic mass is 10.4. The molecule has 0 saturated heterocycles. The Morgan fingerprint density at radius 1 is 1.38 bits per heavy atom. The van der Waals surface area contributed by atoms with Gasteiger partial charge in [0.2, 0.25) is 0 Å². The summed E-state index contributed by atoms with van der Waals surface area (Å²) in [5, 5.41) is 0. The van der Waals surface area contributed by atoms with Crippen LogP contribution in [0.2, 0.25) is 0 Å². The Labute approximate surface area is 77.4 Å². The third kappa shape index (κ3) is 2.18. The van der Waals surface area contributed by atoms with E-state index in [1.807, 2.05) is 0 Å². The van der Waals surface area contributed by atoms with Crippen LogP contribution < -0.4 is 9.30 Å². The van der Waals surface area contributed by atoms with Crippen LogP contribution in [0.15, 0.2) is 24.5 Å². The van der Waals surface area contributed by atoms with Gasteiger partial charge in [-0.3, -0.25) is 0 Å². The number of aromatic nitrogens is 1. The molecule has 0 radical (unpaired) electrons. The zero-order valence-electron chi connectivity index (χ0n) is 8.02. The van der Waals surface area contributed by atoms with Crippen molar-refractivity contribution in [1.29, 1.82) is 0 Å². The zero-order chi connectivity index (χ0) is 9.84. The molecule has 0 fully saturated rings. The number of rotatable bonds is 1. The number of methoxy groups -OCH3 is 1. The lowest BCUT2D eigenvalue weighted by Gasteiger charge is -2.03. The monoisotopic (exact) mass is 181 g/mol. The number of nitrogens with zero attached hydrogens (tertiary/aromatic N) is 2. The van der Waals surface area contributed by atoms with Gasteiger partial charge in [0.1, 0.15) is 18.1 Å². The van der Waals surface area contributed by atoms with E-state index in [4.69, 9.17) is 4.74 Å². The van der Waals surface area contributed by atoms with Gasteiger partial charge in [-0.05, 0) is 0 Å². The van der Waals surface area contributed by atoms with Crippen LogP contribution in [-0.4, -0.2) is 32.1 Å². The van der Waals surface area contributed by atoms with Gasteiger partial charge in [-0.25, -0.2) is 4.90 Å². The van der Waals surface area contributed by atoms with E-state index in [0.717, 1.165) is 5.75 Å². The molecule has 1 rings (SSSR count). The Morgan fingerprint density at radius 2 is 1.92 bits per heavy atom. The highest BCUT2D eigenvalue weighted by Crippen LogP contribution is 2.03. The fraction of sp³-hybridized carbons (Fsp3) is 0.333. The molecule has 0 aliphatic carbocycles. The summed E-state index contributed by atoms with van der Waals surface area (Å²) in [6, 6.07) is 3.39. The summed E-state index contributed by atoms with van der Waals surface area (Å²) in [6.07, 6.45) is 3.34. The van der Waals surface area contributed by atoms with Crippen LogP contribution in [0.4, 0.5) is 4.79 Å². The van der Waals surface area contributed by atoms with Gasteiger partial charge in [0.05, 0.1) is 21.2 Å². The predicted molar refractivity (Wildman–Crippen MR) is 47.7 cm³/mol. The number of carbonyl (C=O) groups is 1. The van der Waals surface area contributed by atoms with Gasteiger partial charge in [0.15, 0.2) is 0 Å². The highest BCUT2D eigenvalue weighted by atomic mass is 16.5. The van der Waals surface area contributed by atoms with Gasteiger partial charge in [-0.15, -0.1) is 0 Å². The average Bonchev–Trinajstić information content (AvgIpc) is 2.17. The molecular formula is C9H13N2O2+. The molecule has 0 unspecified atom stereocenters. The summed E-state index contributed by atoms with van der Waals surface area (Å²) in [6.45, 7) is 0. The second-order valence-corrected chi connectivity index (χ2v) is 2.82. The van der Waals surface area contributed by atoms with Crippen molar-refractivity contribution in [2.45, 2.75) is 0 Å². The van der Waals surface area contributed by atoms with E-state index in [0.29, 0.717) is 0 Å². The molecule has 4 heteroatoms. The van der Waals surface area contributed by atoms with Crippen LogP contribution in [0, 0.1) is 0 Å². The number of carbonyl (C=O) groups excluding carboxylic acids is 1.